The van der Waals surface area contributed by atoms with Crippen LogP contribution in [0.1, 0.15) is 5.56 Å². The Hall–Kier alpha value is -2.64. The average molecular weight is 280 g/mol. The third-order valence-corrected chi connectivity index (χ3v) is 2.49. The monoisotopic (exact) mass is 280 g/mol. The van der Waals surface area contributed by atoms with Gasteiger partial charge in [-0.3, -0.25) is 4.79 Å². The molecule has 2 aromatic rings. The molecule has 7 nitrogen and oxygen atoms in total. The first kappa shape index (κ1) is 13.8. The summed E-state index contributed by atoms with van der Waals surface area (Å²) in [4.78, 5) is 15.2. The molecule has 2 rings (SSSR count). The highest BCUT2D eigenvalue weighted by atomic mass is 19.1. The second kappa shape index (κ2) is 6.00. The number of nitrogens with two attached hydrogens (primary N) is 1. The van der Waals surface area contributed by atoms with Crippen molar-refractivity contribution >= 4 is 11.9 Å². The molecule has 1 aromatic heterocycles. The minimum absolute atomic E-state index is 0.0685. The summed E-state index contributed by atoms with van der Waals surface area (Å²) < 4.78 is 24.7. The molecule has 8 heteroatoms. The number of nitrogen functional groups attached to an aromatic ring is 1. The highest BCUT2D eigenvalue weighted by Crippen LogP contribution is 2.16. The van der Waals surface area contributed by atoms with Gasteiger partial charge in [-0.15, -0.1) is 5.10 Å². The molecule has 0 spiro atoms. The number of benzene rings is 1. The van der Waals surface area contributed by atoms with Crippen LogP contribution in [0.25, 0.3) is 0 Å². The lowest BCUT2D eigenvalue weighted by molar-refractivity contribution is -0.145. The predicted molar refractivity (Wildman–Crippen MR) is 67.2 cm³/mol. The minimum atomic E-state index is -0.565. The molecule has 0 saturated heterocycles. The molecule has 0 saturated carbocycles. The van der Waals surface area contributed by atoms with E-state index < -0.39 is 11.8 Å². The van der Waals surface area contributed by atoms with E-state index in [1.807, 2.05) is 0 Å². The Labute approximate surface area is 114 Å². The lowest BCUT2D eigenvalue weighted by Crippen LogP contribution is -2.14. The quantitative estimate of drug-likeness (QED) is 0.812. The van der Waals surface area contributed by atoms with Gasteiger partial charge in [0.15, 0.2) is 0 Å². The van der Waals surface area contributed by atoms with E-state index in [0.717, 1.165) is 0 Å². The fourth-order valence-electron chi connectivity index (χ4n) is 1.49. The third kappa shape index (κ3) is 3.44. The molecule has 20 heavy (non-hydrogen) atoms. The Morgan fingerprint density at radius 3 is 2.90 bits per heavy atom. The zero-order valence-corrected chi connectivity index (χ0v) is 10.7. The van der Waals surface area contributed by atoms with Gasteiger partial charge in [-0.25, -0.2) is 14.1 Å². The first-order valence-electron chi connectivity index (χ1n) is 5.71. The summed E-state index contributed by atoms with van der Waals surface area (Å²) in [7, 11) is 1.44. The van der Waals surface area contributed by atoms with Crippen LogP contribution >= 0.6 is 0 Å². The number of esters is 1. The van der Waals surface area contributed by atoms with Crippen LogP contribution in [0.2, 0.25) is 0 Å². The number of ether oxygens (including phenoxy) is 2. The van der Waals surface area contributed by atoms with Crippen LogP contribution in [0.5, 0.6) is 5.75 Å². The lowest BCUT2D eigenvalue weighted by atomic mass is 10.2. The summed E-state index contributed by atoms with van der Waals surface area (Å²) in [6.07, 6.45) is 1.31. The Kier molecular flexibility index (Phi) is 4.14. The molecule has 0 amide bonds. The molecule has 1 aromatic carbocycles. The van der Waals surface area contributed by atoms with Crippen molar-refractivity contribution < 1.29 is 18.7 Å². The maximum atomic E-state index is 13.6. The van der Waals surface area contributed by atoms with Crippen molar-refractivity contribution in [2.75, 3.05) is 12.8 Å². The van der Waals surface area contributed by atoms with Gasteiger partial charge in [-0.1, -0.05) is 0 Å². The number of halogens is 1. The van der Waals surface area contributed by atoms with Crippen LogP contribution in [0.4, 0.5) is 10.3 Å². The van der Waals surface area contributed by atoms with Crippen molar-refractivity contribution in [2.24, 2.45) is 0 Å². The van der Waals surface area contributed by atoms with Crippen molar-refractivity contribution in [1.29, 1.82) is 0 Å². The van der Waals surface area contributed by atoms with Crippen molar-refractivity contribution in [3.63, 3.8) is 0 Å². The van der Waals surface area contributed by atoms with Gasteiger partial charge in [0.05, 0.1) is 7.11 Å². The topological polar surface area (TPSA) is 92.3 Å². The second-order valence-corrected chi connectivity index (χ2v) is 3.92. The number of hydrogen-bond donors (Lipinski definition) is 1. The first-order valence-corrected chi connectivity index (χ1v) is 5.71. The Bertz CT molecular complexity index is 614. The number of carbonyl (C=O) groups excluding carboxylic acids is 1. The van der Waals surface area contributed by atoms with E-state index >= 15 is 0 Å². The Morgan fingerprint density at radius 1 is 1.50 bits per heavy atom. The molecule has 0 bridgehead atoms. The van der Waals surface area contributed by atoms with Gasteiger partial charge in [0.2, 0.25) is 5.95 Å². The molecule has 0 aliphatic carbocycles. The van der Waals surface area contributed by atoms with Crippen LogP contribution in [0.3, 0.4) is 0 Å². The number of carbonyl (C=O) groups is 1. The Morgan fingerprint density at radius 2 is 2.30 bits per heavy atom. The zero-order valence-electron chi connectivity index (χ0n) is 10.7. The second-order valence-electron chi connectivity index (χ2n) is 3.92. The third-order valence-electron chi connectivity index (χ3n) is 2.49. The molecule has 106 valence electrons. The van der Waals surface area contributed by atoms with E-state index in [-0.39, 0.29) is 24.7 Å². The average Bonchev–Trinajstić information content (AvgIpc) is 2.82. The first-order chi connectivity index (χ1) is 9.58. The van der Waals surface area contributed by atoms with E-state index in [0.29, 0.717) is 5.75 Å². The van der Waals surface area contributed by atoms with Crippen LogP contribution in [-0.2, 0) is 22.7 Å². The van der Waals surface area contributed by atoms with Crippen molar-refractivity contribution in [1.82, 2.24) is 14.8 Å². The van der Waals surface area contributed by atoms with E-state index in [1.165, 1.54) is 30.3 Å². The molecule has 0 aliphatic heterocycles. The number of methoxy groups -OCH3 is 1. The van der Waals surface area contributed by atoms with Gasteiger partial charge in [0, 0.05) is 11.6 Å². The summed E-state index contributed by atoms with van der Waals surface area (Å²) in [6.45, 7) is -0.305. The molecule has 0 radical (unpaired) electrons. The highest BCUT2D eigenvalue weighted by Gasteiger charge is 2.09. The molecule has 2 N–H and O–H groups in total. The smallest absolute Gasteiger partial charge is 0.328 e. The summed E-state index contributed by atoms with van der Waals surface area (Å²) >= 11 is 0. The molecule has 1 heterocycles. The standard InChI is InChI=1S/C12H13FN4O3/c1-19-9-3-2-8(10(13)4-9)6-20-11(18)5-17-7-15-12(14)16-17/h2-4,7H,5-6H2,1H3,(H2,14,16). The summed E-state index contributed by atoms with van der Waals surface area (Å²) in [6, 6.07) is 4.31. The fourth-order valence-corrected chi connectivity index (χ4v) is 1.49. The van der Waals surface area contributed by atoms with Crippen molar-refractivity contribution in [2.45, 2.75) is 13.2 Å². The summed E-state index contributed by atoms with van der Waals surface area (Å²) in [5.74, 6) is -0.595. The van der Waals surface area contributed by atoms with Crippen LogP contribution < -0.4 is 10.5 Å². The van der Waals surface area contributed by atoms with Crippen molar-refractivity contribution in [3.05, 3.63) is 35.9 Å². The maximum absolute atomic E-state index is 13.6. The minimum Gasteiger partial charge on any atom is -0.497 e. The normalized spacial score (nSPS) is 10.3. The molecular weight excluding hydrogens is 267 g/mol. The van der Waals surface area contributed by atoms with Crippen LogP contribution in [0.15, 0.2) is 24.5 Å². The SMILES string of the molecule is COc1ccc(COC(=O)Cn2cnc(N)n2)c(F)c1. The van der Waals surface area contributed by atoms with E-state index in [2.05, 4.69) is 10.1 Å². The highest BCUT2D eigenvalue weighted by molar-refractivity contribution is 5.69. The zero-order chi connectivity index (χ0) is 14.5. The molecule has 0 unspecified atom stereocenters. The van der Waals surface area contributed by atoms with Gasteiger partial charge in [0.1, 0.15) is 31.0 Å². The van der Waals surface area contributed by atoms with Crippen LogP contribution in [0, 0.1) is 5.82 Å². The van der Waals surface area contributed by atoms with Gasteiger partial charge in [0.25, 0.3) is 0 Å². The van der Waals surface area contributed by atoms with Crippen molar-refractivity contribution in [3.8, 4) is 5.75 Å². The van der Waals surface area contributed by atoms with Gasteiger partial charge < -0.3 is 15.2 Å². The maximum Gasteiger partial charge on any atom is 0.328 e. The van der Waals surface area contributed by atoms with E-state index in [1.54, 1.807) is 6.07 Å². The van der Waals surface area contributed by atoms with E-state index in [9.17, 15) is 9.18 Å². The summed E-state index contributed by atoms with van der Waals surface area (Å²) in [5.41, 5.74) is 5.57. The number of rotatable bonds is 5. The molecular formula is C12H13FN4O3. The number of anilines is 1. The summed E-state index contributed by atoms with van der Waals surface area (Å²) in [5, 5.41) is 3.74. The van der Waals surface area contributed by atoms with Gasteiger partial charge >= 0.3 is 5.97 Å². The Balaban J connectivity index is 1.90. The lowest BCUT2D eigenvalue weighted by Gasteiger charge is -2.07. The fraction of sp³-hybridized carbons (Fsp3) is 0.250. The molecule has 0 fully saturated rings. The molecule has 0 atom stereocenters. The molecule has 0 aliphatic rings. The largest absolute Gasteiger partial charge is 0.497 e. The number of hydrogen-bond acceptors (Lipinski definition) is 6. The van der Waals surface area contributed by atoms with E-state index in [4.69, 9.17) is 15.2 Å². The number of nitrogens with zero attached hydrogens (tertiary/aromatic N) is 3. The van der Waals surface area contributed by atoms with Gasteiger partial charge in [-0.05, 0) is 12.1 Å². The van der Waals surface area contributed by atoms with Crippen LogP contribution in [-0.4, -0.2) is 27.8 Å². The predicted octanol–water partition coefficient (Wildman–Crippen LogP) is 0.751. The van der Waals surface area contributed by atoms with Gasteiger partial charge in [-0.2, -0.15) is 0 Å². The number of aromatic nitrogens is 3.